The molecular formula is C10H15F3N2OS. The maximum atomic E-state index is 12.7. The topological polar surface area (TPSA) is 48.1 Å². The lowest BCUT2D eigenvalue weighted by atomic mass is 10.1. The first-order valence-electron chi connectivity index (χ1n) is 5.13. The minimum absolute atomic E-state index is 0.0419. The molecule has 17 heavy (non-hydrogen) atoms. The number of thiazole rings is 1. The normalized spacial score (nSPS) is 13.1. The van der Waals surface area contributed by atoms with E-state index < -0.39 is 17.5 Å². The quantitative estimate of drug-likeness (QED) is 0.913. The summed E-state index contributed by atoms with van der Waals surface area (Å²) in [6.45, 7) is 5.40. The minimum atomic E-state index is -4.47. The number of ether oxygens (including phenoxy) is 1. The van der Waals surface area contributed by atoms with Crippen LogP contribution in [0.1, 0.15) is 36.3 Å². The summed E-state index contributed by atoms with van der Waals surface area (Å²) in [4.78, 5) is 3.67. The first-order valence-corrected chi connectivity index (χ1v) is 5.95. The molecule has 0 aliphatic carbocycles. The fourth-order valence-corrected chi connectivity index (χ4v) is 2.41. The van der Waals surface area contributed by atoms with Crippen LogP contribution >= 0.6 is 11.3 Å². The van der Waals surface area contributed by atoms with Crippen molar-refractivity contribution >= 4 is 11.3 Å². The van der Waals surface area contributed by atoms with Gasteiger partial charge in [-0.3, -0.25) is 0 Å². The van der Waals surface area contributed by atoms with E-state index in [4.69, 9.17) is 10.5 Å². The molecule has 0 atom stereocenters. The fourth-order valence-electron chi connectivity index (χ4n) is 1.39. The average molecular weight is 268 g/mol. The second kappa shape index (κ2) is 4.91. The summed E-state index contributed by atoms with van der Waals surface area (Å²) < 4.78 is 43.4. The van der Waals surface area contributed by atoms with Crippen LogP contribution < -0.4 is 5.73 Å². The summed E-state index contributed by atoms with van der Waals surface area (Å²) in [7, 11) is 0. The highest BCUT2D eigenvalue weighted by atomic mass is 32.1. The highest BCUT2D eigenvalue weighted by molar-refractivity contribution is 7.11. The Kier molecular flexibility index (Phi) is 4.16. The van der Waals surface area contributed by atoms with Gasteiger partial charge in [0.2, 0.25) is 0 Å². The van der Waals surface area contributed by atoms with Gasteiger partial charge in [0.15, 0.2) is 5.69 Å². The van der Waals surface area contributed by atoms with Crippen LogP contribution in [0.3, 0.4) is 0 Å². The van der Waals surface area contributed by atoms with Crippen molar-refractivity contribution in [1.82, 2.24) is 4.98 Å². The van der Waals surface area contributed by atoms with Crippen LogP contribution in [0.15, 0.2) is 0 Å². The maximum absolute atomic E-state index is 12.7. The van der Waals surface area contributed by atoms with Gasteiger partial charge in [0.1, 0.15) is 10.6 Å². The van der Waals surface area contributed by atoms with Crippen LogP contribution in [0, 0.1) is 0 Å². The van der Waals surface area contributed by atoms with Gasteiger partial charge in [0.25, 0.3) is 0 Å². The smallest absolute Gasteiger partial charge is 0.369 e. The van der Waals surface area contributed by atoms with Gasteiger partial charge < -0.3 is 10.5 Å². The molecule has 0 aliphatic rings. The molecule has 1 aromatic heterocycles. The van der Waals surface area contributed by atoms with Crippen molar-refractivity contribution in [3.8, 4) is 0 Å². The van der Waals surface area contributed by atoms with E-state index in [0.717, 1.165) is 11.3 Å². The predicted molar refractivity (Wildman–Crippen MR) is 59.7 cm³/mol. The minimum Gasteiger partial charge on any atom is -0.369 e. The van der Waals surface area contributed by atoms with E-state index >= 15 is 0 Å². The molecule has 98 valence electrons. The van der Waals surface area contributed by atoms with E-state index in [9.17, 15) is 13.2 Å². The van der Waals surface area contributed by atoms with Crippen LogP contribution in [0.5, 0.6) is 0 Å². The molecule has 1 heterocycles. The van der Waals surface area contributed by atoms with Crippen LogP contribution in [0.25, 0.3) is 0 Å². The Hall–Kier alpha value is -0.660. The lowest BCUT2D eigenvalue weighted by Gasteiger charge is -2.21. The molecule has 0 saturated carbocycles. The molecule has 0 spiro atoms. The van der Waals surface area contributed by atoms with Crippen LogP contribution in [0.4, 0.5) is 13.2 Å². The van der Waals surface area contributed by atoms with Gasteiger partial charge in [-0.05, 0) is 20.8 Å². The number of alkyl halides is 3. The van der Waals surface area contributed by atoms with Crippen molar-refractivity contribution in [2.45, 2.75) is 39.1 Å². The van der Waals surface area contributed by atoms with Crippen molar-refractivity contribution in [3.63, 3.8) is 0 Å². The molecule has 1 aromatic rings. The highest BCUT2D eigenvalue weighted by Gasteiger charge is 2.39. The summed E-state index contributed by atoms with van der Waals surface area (Å²) in [6.07, 6.45) is -4.47. The molecule has 1 rings (SSSR count). The zero-order valence-corrected chi connectivity index (χ0v) is 10.7. The lowest BCUT2D eigenvalue weighted by molar-refractivity contribution is -0.141. The summed E-state index contributed by atoms with van der Waals surface area (Å²) >= 11 is 0.952. The van der Waals surface area contributed by atoms with Crippen molar-refractivity contribution in [2.75, 3.05) is 6.61 Å². The zero-order valence-electron chi connectivity index (χ0n) is 9.89. The molecule has 2 N–H and O–H groups in total. The molecule has 0 saturated heterocycles. The van der Waals surface area contributed by atoms with E-state index in [-0.39, 0.29) is 11.4 Å². The number of hydrogen-bond donors (Lipinski definition) is 1. The largest absolute Gasteiger partial charge is 0.434 e. The number of hydrogen-bond acceptors (Lipinski definition) is 4. The van der Waals surface area contributed by atoms with Crippen molar-refractivity contribution in [2.24, 2.45) is 5.73 Å². The molecule has 0 aliphatic heterocycles. The fraction of sp³-hybridized carbons (Fsp3) is 0.700. The summed E-state index contributed by atoms with van der Waals surface area (Å²) in [5.41, 5.74) is 3.59. The molecule has 3 nitrogen and oxygen atoms in total. The van der Waals surface area contributed by atoms with Crippen molar-refractivity contribution < 1.29 is 17.9 Å². The SMILES string of the molecule is CCOC(C)(C)c1nc(C(F)(F)F)c(CN)s1. The Morgan fingerprint density at radius 3 is 2.29 bits per heavy atom. The van der Waals surface area contributed by atoms with Gasteiger partial charge in [-0.15, -0.1) is 11.3 Å². The first kappa shape index (κ1) is 14.4. The van der Waals surface area contributed by atoms with E-state index in [2.05, 4.69) is 4.98 Å². The summed E-state index contributed by atoms with van der Waals surface area (Å²) in [5, 5.41) is 0.298. The van der Waals surface area contributed by atoms with Crippen LogP contribution in [0.2, 0.25) is 0 Å². The predicted octanol–water partition coefficient (Wildman–Crippen LogP) is 2.89. The Labute approximate surface area is 102 Å². The van der Waals surface area contributed by atoms with E-state index in [1.807, 2.05) is 0 Å². The number of nitrogens with two attached hydrogens (primary N) is 1. The highest BCUT2D eigenvalue weighted by Crippen LogP contribution is 2.38. The van der Waals surface area contributed by atoms with E-state index in [0.29, 0.717) is 11.6 Å². The van der Waals surface area contributed by atoms with Crippen LogP contribution in [-0.2, 0) is 23.1 Å². The zero-order chi connectivity index (χ0) is 13.3. The third-order valence-electron chi connectivity index (χ3n) is 2.17. The van der Waals surface area contributed by atoms with Gasteiger partial charge in [-0.2, -0.15) is 13.2 Å². The monoisotopic (exact) mass is 268 g/mol. The van der Waals surface area contributed by atoms with Gasteiger partial charge >= 0.3 is 6.18 Å². The van der Waals surface area contributed by atoms with Crippen LogP contribution in [-0.4, -0.2) is 11.6 Å². The molecule has 0 aromatic carbocycles. The summed E-state index contributed by atoms with van der Waals surface area (Å²) in [6, 6.07) is 0. The standard InChI is InChI=1S/C10H15F3N2OS/c1-4-16-9(2,3)8-15-7(10(11,12)13)6(5-14)17-8/h4-5,14H2,1-3H3. The Bertz CT molecular complexity index is 387. The van der Waals surface area contributed by atoms with E-state index in [1.165, 1.54) is 0 Å². The lowest BCUT2D eigenvalue weighted by Crippen LogP contribution is -2.21. The molecule has 0 unspecified atom stereocenters. The number of aromatic nitrogens is 1. The number of rotatable bonds is 4. The van der Waals surface area contributed by atoms with Gasteiger partial charge in [-0.1, -0.05) is 0 Å². The molecule has 0 fully saturated rings. The average Bonchev–Trinajstić information content (AvgIpc) is 2.61. The molecule has 0 radical (unpaired) electrons. The van der Waals surface area contributed by atoms with Crippen molar-refractivity contribution in [3.05, 3.63) is 15.6 Å². The Morgan fingerprint density at radius 1 is 1.35 bits per heavy atom. The van der Waals surface area contributed by atoms with Gasteiger partial charge in [0.05, 0.1) is 4.88 Å². The van der Waals surface area contributed by atoms with E-state index in [1.54, 1.807) is 20.8 Å². The first-order chi connectivity index (χ1) is 7.72. The molecule has 0 bridgehead atoms. The molecule has 0 amide bonds. The third-order valence-corrected chi connectivity index (χ3v) is 3.55. The summed E-state index contributed by atoms with van der Waals surface area (Å²) in [5.74, 6) is 0. The molecular weight excluding hydrogens is 253 g/mol. The number of halogens is 3. The second-order valence-corrected chi connectivity index (χ2v) is 5.02. The van der Waals surface area contributed by atoms with Crippen molar-refractivity contribution in [1.29, 1.82) is 0 Å². The number of nitrogens with zero attached hydrogens (tertiary/aromatic N) is 1. The Balaban J connectivity index is 3.17. The van der Waals surface area contributed by atoms with Gasteiger partial charge in [-0.25, -0.2) is 4.98 Å². The Morgan fingerprint density at radius 2 is 1.94 bits per heavy atom. The second-order valence-electron chi connectivity index (χ2n) is 3.94. The maximum Gasteiger partial charge on any atom is 0.434 e. The third kappa shape index (κ3) is 3.17. The molecule has 7 heteroatoms. The van der Waals surface area contributed by atoms with Gasteiger partial charge in [0, 0.05) is 13.2 Å².